The van der Waals surface area contributed by atoms with E-state index in [1.54, 1.807) is 7.11 Å². The lowest BCUT2D eigenvalue weighted by molar-refractivity contribution is 0.227. The summed E-state index contributed by atoms with van der Waals surface area (Å²) in [6.07, 6.45) is 1.15. The van der Waals surface area contributed by atoms with Crippen molar-refractivity contribution in [1.29, 1.82) is 0 Å². The molecule has 3 rings (SSSR count). The first kappa shape index (κ1) is 17.3. The molecule has 2 nitrogen and oxygen atoms in total. The average molecular weight is 334 g/mol. The molecular weight excluding hydrogens is 308 g/mol. The third-order valence-corrected chi connectivity index (χ3v) is 4.92. The number of hydrogen-bond acceptors (Lipinski definition) is 2. The predicted molar refractivity (Wildman–Crippen MR) is 105 cm³/mol. The number of ether oxygens (including phenoxy) is 2. The number of benzene rings is 3. The molecule has 0 bridgehead atoms. The molecule has 2 heteroatoms. The third kappa shape index (κ3) is 3.96. The molecule has 0 fully saturated rings. The molecule has 0 saturated carbocycles. The van der Waals surface area contributed by atoms with Crippen LogP contribution in [0.2, 0.25) is 0 Å². The Balaban J connectivity index is 1.76. The highest BCUT2D eigenvalue weighted by Gasteiger charge is 2.09. The zero-order valence-corrected chi connectivity index (χ0v) is 15.5. The van der Waals surface area contributed by atoms with E-state index >= 15 is 0 Å². The van der Waals surface area contributed by atoms with Crippen LogP contribution in [-0.4, -0.2) is 7.11 Å². The van der Waals surface area contributed by atoms with E-state index < -0.39 is 0 Å². The van der Waals surface area contributed by atoms with Gasteiger partial charge in [0.1, 0.15) is 17.6 Å². The van der Waals surface area contributed by atoms with Gasteiger partial charge in [0.05, 0.1) is 7.11 Å². The van der Waals surface area contributed by atoms with Crippen molar-refractivity contribution >= 4 is 10.8 Å². The summed E-state index contributed by atoms with van der Waals surface area (Å²) in [5.41, 5.74) is 2.53. The Bertz CT molecular complexity index is 836. The van der Waals surface area contributed by atoms with Gasteiger partial charge < -0.3 is 9.47 Å². The first-order valence-electron chi connectivity index (χ1n) is 8.95. The van der Waals surface area contributed by atoms with Crippen molar-refractivity contribution in [2.75, 3.05) is 7.11 Å². The zero-order chi connectivity index (χ0) is 17.8. The van der Waals surface area contributed by atoms with E-state index in [-0.39, 0.29) is 6.10 Å². The second-order valence-corrected chi connectivity index (χ2v) is 6.61. The van der Waals surface area contributed by atoms with Crippen molar-refractivity contribution in [2.24, 2.45) is 0 Å². The summed E-state index contributed by atoms with van der Waals surface area (Å²) >= 11 is 0. The molecule has 0 heterocycles. The topological polar surface area (TPSA) is 18.5 Å². The number of rotatable bonds is 6. The maximum Gasteiger partial charge on any atom is 0.121 e. The van der Waals surface area contributed by atoms with Gasteiger partial charge in [0.15, 0.2) is 0 Å². The van der Waals surface area contributed by atoms with Gasteiger partial charge in [0, 0.05) is 0 Å². The molecule has 0 aromatic heterocycles. The van der Waals surface area contributed by atoms with Crippen LogP contribution in [0.4, 0.5) is 0 Å². The van der Waals surface area contributed by atoms with Crippen LogP contribution in [0.5, 0.6) is 11.5 Å². The minimum atomic E-state index is 0.000880. The fourth-order valence-electron chi connectivity index (χ4n) is 3.00. The van der Waals surface area contributed by atoms with Gasteiger partial charge in [-0.3, -0.25) is 0 Å². The van der Waals surface area contributed by atoms with Crippen LogP contribution in [0.1, 0.15) is 50.3 Å². The summed E-state index contributed by atoms with van der Waals surface area (Å²) < 4.78 is 11.4. The minimum Gasteiger partial charge on any atom is -0.497 e. The van der Waals surface area contributed by atoms with Gasteiger partial charge >= 0.3 is 0 Å². The first-order chi connectivity index (χ1) is 12.1. The molecular formula is C23H26O2. The Kier molecular flexibility index (Phi) is 5.28. The van der Waals surface area contributed by atoms with E-state index in [1.807, 2.05) is 6.07 Å². The van der Waals surface area contributed by atoms with Crippen molar-refractivity contribution in [3.8, 4) is 11.5 Å². The van der Waals surface area contributed by atoms with Crippen LogP contribution in [0.15, 0.2) is 60.7 Å². The molecule has 0 aliphatic heterocycles. The molecule has 0 saturated heterocycles. The predicted octanol–water partition coefficient (Wildman–Crippen LogP) is 6.50. The lowest BCUT2D eigenvalue weighted by Gasteiger charge is -2.17. The standard InChI is InChI=1S/C23H26O2/c1-5-16(2)18-8-11-22(12-9-18)25-17(3)19-6-7-21-15-23(24-4)13-10-20(21)14-19/h6-17H,5H2,1-4H3. The summed E-state index contributed by atoms with van der Waals surface area (Å²) in [7, 11) is 1.69. The Hall–Kier alpha value is -2.48. The molecule has 25 heavy (non-hydrogen) atoms. The lowest BCUT2D eigenvalue weighted by Crippen LogP contribution is -2.03. The fraction of sp³-hybridized carbons (Fsp3) is 0.304. The summed E-state index contributed by atoms with van der Waals surface area (Å²) in [6.45, 7) is 6.56. The molecule has 0 amide bonds. The van der Waals surface area contributed by atoms with E-state index in [4.69, 9.17) is 9.47 Å². The molecule has 130 valence electrons. The van der Waals surface area contributed by atoms with Crippen LogP contribution in [0, 0.1) is 0 Å². The van der Waals surface area contributed by atoms with Crippen molar-refractivity contribution in [3.63, 3.8) is 0 Å². The summed E-state index contributed by atoms with van der Waals surface area (Å²) in [5, 5.41) is 2.37. The molecule has 3 aromatic carbocycles. The van der Waals surface area contributed by atoms with Crippen LogP contribution in [0.3, 0.4) is 0 Å². The van der Waals surface area contributed by atoms with Crippen molar-refractivity contribution in [1.82, 2.24) is 0 Å². The largest absolute Gasteiger partial charge is 0.497 e. The Morgan fingerprint density at radius 2 is 1.36 bits per heavy atom. The van der Waals surface area contributed by atoms with Gasteiger partial charge in [-0.15, -0.1) is 0 Å². The molecule has 2 unspecified atom stereocenters. The molecule has 2 atom stereocenters. The van der Waals surface area contributed by atoms with Crippen molar-refractivity contribution < 1.29 is 9.47 Å². The van der Waals surface area contributed by atoms with Gasteiger partial charge in [-0.05, 0) is 71.5 Å². The van der Waals surface area contributed by atoms with Crippen LogP contribution in [0.25, 0.3) is 10.8 Å². The monoisotopic (exact) mass is 334 g/mol. The Labute approximate surface area is 150 Å². The summed E-state index contributed by atoms with van der Waals surface area (Å²) in [6, 6.07) is 21.1. The lowest BCUT2D eigenvalue weighted by atomic mass is 9.99. The molecule has 0 N–H and O–H groups in total. The molecule has 0 radical (unpaired) electrons. The molecule has 3 aromatic rings. The second kappa shape index (κ2) is 7.60. The van der Waals surface area contributed by atoms with Gasteiger partial charge in [-0.1, -0.05) is 44.2 Å². The van der Waals surface area contributed by atoms with Gasteiger partial charge in [-0.2, -0.15) is 0 Å². The highest BCUT2D eigenvalue weighted by Crippen LogP contribution is 2.28. The number of fused-ring (bicyclic) bond motifs is 1. The van der Waals surface area contributed by atoms with E-state index in [2.05, 4.69) is 75.4 Å². The third-order valence-electron chi connectivity index (χ3n) is 4.92. The van der Waals surface area contributed by atoms with Crippen LogP contribution < -0.4 is 9.47 Å². The van der Waals surface area contributed by atoms with Crippen molar-refractivity contribution in [2.45, 2.75) is 39.2 Å². The van der Waals surface area contributed by atoms with Crippen LogP contribution in [-0.2, 0) is 0 Å². The maximum atomic E-state index is 6.14. The fourth-order valence-corrected chi connectivity index (χ4v) is 3.00. The summed E-state index contributed by atoms with van der Waals surface area (Å²) in [4.78, 5) is 0. The Morgan fingerprint density at radius 1 is 0.760 bits per heavy atom. The Morgan fingerprint density at radius 3 is 2.04 bits per heavy atom. The average Bonchev–Trinajstić information content (AvgIpc) is 2.67. The quantitative estimate of drug-likeness (QED) is 0.512. The van der Waals surface area contributed by atoms with E-state index in [0.29, 0.717) is 5.92 Å². The molecule has 0 aliphatic carbocycles. The molecule has 0 spiro atoms. The van der Waals surface area contributed by atoms with E-state index in [1.165, 1.54) is 21.9 Å². The maximum absolute atomic E-state index is 6.14. The van der Waals surface area contributed by atoms with Gasteiger partial charge in [-0.25, -0.2) is 0 Å². The highest BCUT2D eigenvalue weighted by atomic mass is 16.5. The smallest absolute Gasteiger partial charge is 0.121 e. The normalized spacial score (nSPS) is 13.4. The second-order valence-electron chi connectivity index (χ2n) is 6.61. The minimum absolute atomic E-state index is 0.000880. The first-order valence-corrected chi connectivity index (χ1v) is 8.95. The number of hydrogen-bond donors (Lipinski definition) is 0. The van der Waals surface area contributed by atoms with Crippen LogP contribution >= 0.6 is 0 Å². The van der Waals surface area contributed by atoms with Crippen molar-refractivity contribution in [3.05, 3.63) is 71.8 Å². The van der Waals surface area contributed by atoms with Gasteiger partial charge in [0.25, 0.3) is 0 Å². The highest BCUT2D eigenvalue weighted by molar-refractivity contribution is 5.84. The van der Waals surface area contributed by atoms with E-state index in [9.17, 15) is 0 Å². The van der Waals surface area contributed by atoms with E-state index in [0.717, 1.165) is 17.9 Å². The SMILES string of the molecule is CCC(C)c1ccc(OC(C)c2ccc3cc(OC)ccc3c2)cc1. The summed E-state index contributed by atoms with van der Waals surface area (Å²) in [5.74, 6) is 2.38. The zero-order valence-electron chi connectivity index (χ0n) is 15.5. The van der Waals surface area contributed by atoms with Gasteiger partial charge in [0.2, 0.25) is 0 Å². The number of methoxy groups -OCH3 is 1. The molecule has 0 aliphatic rings.